The number of imidazole rings is 1. The van der Waals surface area contributed by atoms with Crippen molar-refractivity contribution in [3.05, 3.63) is 36.0 Å². The number of benzene rings is 1. The third-order valence-corrected chi connectivity index (χ3v) is 3.13. The number of nitrogens with zero attached hydrogens (tertiary/aromatic N) is 4. The zero-order valence-electron chi connectivity index (χ0n) is 10.5. The van der Waals surface area contributed by atoms with Crippen LogP contribution in [0, 0.1) is 0 Å². The molecule has 0 bridgehead atoms. The summed E-state index contributed by atoms with van der Waals surface area (Å²) in [4.78, 5) is 12.5. The van der Waals surface area contributed by atoms with Gasteiger partial charge in [-0.05, 0) is 23.7 Å². The van der Waals surface area contributed by atoms with E-state index < -0.39 is 0 Å². The third kappa shape index (κ3) is 2.02. The minimum Gasteiger partial charge on any atom is -0.493 e. The number of aryl methyl sites for hydroxylation is 1. The average Bonchev–Trinajstić information content (AvgIpc) is 2.80. The van der Waals surface area contributed by atoms with Crippen LogP contribution in [0.5, 0.6) is 5.75 Å². The molecule has 0 aliphatic carbocycles. The van der Waals surface area contributed by atoms with Gasteiger partial charge in [-0.3, -0.25) is 0 Å². The molecule has 1 aromatic carbocycles. The summed E-state index contributed by atoms with van der Waals surface area (Å²) in [6.45, 7) is 0. The van der Waals surface area contributed by atoms with E-state index in [1.807, 2.05) is 29.8 Å². The molecule has 2 heterocycles. The summed E-state index contributed by atoms with van der Waals surface area (Å²) < 4.78 is 7.22. The maximum Gasteiger partial charge on any atom is 0.223 e. The molecule has 5 nitrogen and oxygen atoms in total. The summed E-state index contributed by atoms with van der Waals surface area (Å²) in [5.74, 6) is 0.583. The van der Waals surface area contributed by atoms with Gasteiger partial charge in [-0.1, -0.05) is 6.07 Å². The van der Waals surface area contributed by atoms with Crippen LogP contribution in [0.1, 0.15) is 0 Å². The Kier molecular flexibility index (Phi) is 2.83. The smallest absolute Gasteiger partial charge is 0.223 e. The van der Waals surface area contributed by atoms with Gasteiger partial charge in [-0.15, -0.1) is 0 Å². The molecule has 0 N–H and O–H groups in total. The van der Waals surface area contributed by atoms with E-state index in [0.29, 0.717) is 11.4 Å². The standard InChI is InChI=1S/C13H11ClN4O/c1-18-7-16-9-5-8(3-4-10(9)18)12-11(19-2)6-15-13(14)17-12/h3-7H,1-2H3. The largest absolute Gasteiger partial charge is 0.493 e. The van der Waals surface area contributed by atoms with Crippen molar-refractivity contribution in [2.45, 2.75) is 0 Å². The predicted octanol–water partition coefficient (Wildman–Crippen LogP) is 2.69. The molecule has 6 heteroatoms. The number of halogens is 1. The number of rotatable bonds is 2. The van der Waals surface area contributed by atoms with Crippen LogP contribution in [0.2, 0.25) is 5.28 Å². The summed E-state index contributed by atoms with van der Waals surface area (Å²) in [7, 11) is 3.53. The Bertz CT molecular complexity index is 753. The van der Waals surface area contributed by atoms with Crippen molar-refractivity contribution in [1.82, 2.24) is 19.5 Å². The first-order valence-corrected chi connectivity index (χ1v) is 6.05. The van der Waals surface area contributed by atoms with Crippen molar-refractivity contribution in [3.8, 4) is 17.0 Å². The molecule has 0 radical (unpaired) electrons. The van der Waals surface area contributed by atoms with Gasteiger partial charge in [0.2, 0.25) is 5.28 Å². The molecule has 0 aliphatic rings. The molecule has 19 heavy (non-hydrogen) atoms. The second-order valence-electron chi connectivity index (χ2n) is 4.11. The predicted molar refractivity (Wildman–Crippen MR) is 73.3 cm³/mol. The lowest BCUT2D eigenvalue weighted by Crippen LogP contribution is -1.94. The Morgan fingerprint density at radius 3 is 2.89 bits per heavy atom. The normalized spacial score (nSPS) is 10.9. The molecule has 0 aliphatic heterocycles. The lowest BCUT2D eigenvalue weighted by molar-refractivity contribution is 0.412. The highest BCUT2D eigenvalue weighted by atomic mass is 35.5. The Morgan fingerprint density at radius 2 is 2.11 bits per heavy atom. The third-order valence-electron chi connectivity index (χ3n) is 2.94. The number of aromatic nitrogens is 4. The van der Waals surface area contributed by atoms with Crippen molar-refractivity contribution in [2.24, 2.45) is 7.05 Å². The molecule has 3 aromatic rings. The highest BCUT2D eigenvalue weighted by Crippen LogP contribution is 2.29. The lowest BCUT2D eigenvalue weighted by Gasteiger charge is -2.07. The van der Waals surface area contributed by atoms with Crippen LogP contribution in [0.3, 0.4) is 0 Å². The van der Waals surface area contributed by atoms with Crippen LogP contribution in [0.15, 0.2) is 30.7 Å². The van der Waals surface area contributed by atoms with E-state index in [-0.39, 0.29) is 5.28 Å². The molecule has 0 saturated heterocycles. The Balaban J connectivity index is 2.21. The van der Waals surface area contributed by atoms with E-state index in [0.717, 1.165) is 16.6 Å². The molecular weight excluding hydrogens is 264 g/mol. The highest BCUT2D eigenvalue weighted by molar-refractivity contribution is 6.28. The average molecular weight is 275 g/mol. The zero-order valence-corrected chi connectivity index (χ0v) is 11.2. The second kappa shape index (κ2) is 4.51. The van der Waals surface area contributed by atoms with Crippen LogP contribution in [0.4, 0.5) is 0 Å². The molecule has 3 rings (SSSR count). The fraction of sp³-hybridized carbons (Fsp3) is 0.154. The molecule has 0 unspecified atom stereocenters. The molecule has 0 fully saturated rings. The quantitative estimate of drug-likeness (QED) is 0.674. The van der Waals surface area contributed by atoms with Gasteiger partial charge < -0.3 is 9.30 Å². The number of fused-ring (bicyclic) bond motifs is 1. The second-order valence-corrected chi connectivity index (χ2v) is 4.45. The molecular formula is C13H11ClN4O. The van der Waals surface area contributed by atoms with E-state index in [1.54, 1.807) is 19.6 Å². The fourth-order valence-electron chi connectivity index (χ4n) is 1.99. The Labute approximate surface area is 114 Å². The first kappa shape index (κ1) is 11.9. The number of hydrogen-bond acceptors (Lipinski definition) is 4. The lowest BCUT2D eigenvalue weighted by atomic mass is 10.1. The molecule has 0 amide bonds. The van der Waals surface area contributed by atoms with Gasteiger partial charge in [-0.25, -0.2) is 15.0 Å². The molecule has 0 saturated carbocycles. The van der Waals surface area contributed by atoms with Crippen LogP contribution in [-0.2, 0) is 7.05 Å². The van der Waals surface area contributed by atoms with Crippen molar-refractivity contribution in [3.63, 3.8) is 0 Å². The zero-order chi connectivity index (χ0) is 13.4. The maximum absolute atomic E-state index is 5.85. The highest BCUT2D eigenvalue weighted by Gasteiger charge is 2.11. The van der Waals surface area contributed by atoms with Crippen LogP contribution >= 0.6 is 11.6 Å². The summed E-state index contributed by atoms with van der Waals surface area (Å²) in [6.07, 6.45) is 3.34. The van der Waals surface area contributed by atoms with Gasteiger partial charge in [0.1, 0.15) is 5.69 Å². The van der Waals surface area contributed by atoms with Gasteiger partial charge in [-0.2, -0.15) is 0 Å². The van der Waals surface area contributed by atoms with Crippen LogP contribution in [-0.4, -0.2) is 26.6 Å². The van der Waals surface area contributed by atoms with E-state index in [2.05, 4.69) is 15.0 Å². The monoisotopic (exact) mass is 274 g/mol. The summed E-state index contributed by atoms with van der Waals surface area (Å²) >= 11 is 5.85. The minimum absolute atomic E-state index is 0.192. The minimum atomic E-state index is 0.192. The van der Waals surface area contributed by atoms with Gasteiger partial charge in [0.15, 0.2) is 5.75 Å². The van der Waals surface area contributed by atoms with Gasteiger partial charge >= 0.3 is 0 Å². The maximum atomic E-state index is 5.85. The Morgan fingerprint density at radius 1 is 1.26 bits per heavy atom. The summed E-state index contributed by atoms with van der Waals surface area (Å²) in [5.41, 5.74) is 3.52. The van der Waals surface area contributed by atoms with Crippen molar-refractivity contribution in [1.29, 1.82) is 0 Å². The van der Waals surface area contributed by atoms with E-state index in [4.69, 9.17) is 16.3 Å². The van der Waals surface area contributed by atoms with Gasteiger partial charge in [0.25, 0.3) is 0 Å². The van der Waals surface area contributed by atoms with Gasteiger partial charge in [0.05, 0.1) is 30.7 Å². The first-order chi connectivity index (χ1) is 9.19. The molecule has 96 valence electrons. The molecule has 0 atom stereocenters. The Hall–Kier alpha value is -2.14. The number of methoxy groups -OCH3 is 1. The number of hydrogen-bond donors (Lipinski definition) is 0. The van der Waals surface area contributed by atoms with E-state index in [9.17, 15) is 0 Å². The molecule has 0 spiro atoms. The van der Waals surface area contributed by atoms with E-state index >= 15 is 0 Å². The fourth-order valence-corrected chi connectivity index (χ4v) is 2.12. The summed E-state index contributed by atoms with van der Waals surface area (Å²) in [6, 6.07) is 5.91. The molecule has 2 aromatic heterocycles. The van der Waals surface area contributed by atoms with E-state index in [1.165, 1.54) is 0 Å². The first-order valence-electron chi connectivity index (χ1n) is 5.67. The number of ether oxygens (including phenoxy) is 1. The van der Waals surface area contributed by atoms with Crippen LogP contribution in [0.25, 0.3) is 22.3 Å². The van der Waals surface area contributed by atoms with Crippen molar-refractivity contribution >= 4 is 22.6 Å². The topological polar surface area (TPSA) is 52.8 Å². The van der Waals surface area contributed by atoms with Gasteiger partial charge in [0, 0.05) is 12.6 Å². The summed E-state index contributed by atoms with van der Waals surface area (Å²) in [5, 5.41) is 0.192. The van der Waals surface area contributed by atoms with Crippen molar-refractivity contribution < 1.29 is 4.74 Å². The SMILES string of the molecule is COc1cnc(Cl)nc1-c1ccc2c(c1)ncn2C. The van der Waals surface area contributed by atoms with Crippen LogP contribution < -0.4 is 4.74 Å². The van der Waals surface area contributed by atoms with Crippen molar-refractivity contribution in [2.75, 3.05) is 7.11 Å².